The van der Waals surface area contributed by atoms with E-state index in [9.17, 15) is 5.26 Å². The molecule has 1 aromatic heterocycles. The largest absolute Gasteiger partial charge is 0.370 e. The van der Waals surface area contributed by atoms with E-state index < -0.39 is 0 Å². The number of fused-ring (bicyclic) bond motifs is 1. The third kappa shape index (κ3) is 3.21. The maximum Gasteiger partial charge on any atom is 0.147 e. The highest BCUT2D eigenvalue weighted by atomic mass is 16.5. The Morgan fingerprint density at radius 2 is 1.96 bits per heavy atom. The van der Waals surface area contributed by atoms with Gasteiger partial charge < -0.3 is 9.64 Å². The van der Waals surface area contributed by atoms with Gasteiger partial charge in [0.1, 0.15) is 11.9 Å². The summed E-state index contributed by atoms with van der Waals surface area (Å²) in [7, 11) is 0. The summed E-state index contributed by atoms with van der Waals surface area (Å²) >= 11 is 0. The van der Waals surface area contributed by atoms with Gasteiger partial charge in [0.2, 0.25) is 0 Å². The predicted molar refractivity (Wildman–Crippen MR) is 91.6 cm³/mol. The van der Waals surface area contributed by atoms with E-state index in [-0.39, 0.29) is 5.60 Å². The van der Waals surface area contributed by atoms with Crippen molar-refractivity contribution in [2.75, 3.05) is 18.0 Å². The number of aromatic nitrogens is 1. The van der Waals surface area contributed by atoms with Crippen molar-refractivity contribution in [3.05, 3.63) is 22.4 Å². The molecule has 1 fully saturated rings. The summed E-state index contributed by atoms with van der Waals surface area (Å²) in [6, 6.07) is 2.47. The van der Waals surface area contributed by atoms with Crippen LogP contribution in [0.1, 0.15) is 68.8 Å². The Hall–Kier alpha value is -1.60. The zero-order chi connectivity index (χ0) is 16.4. The Bertz CT molecular complexity index is 624. The second-order valence-corrected chi connectivity index (χ2v) is 7.35. The van der Waals surface area contributed by atoms with E-state index in [4.69, 9.17) is 9.72 Å². The summed E-state index contributed by atoms with van der Waals surface area (Å²) in [5.74, 6) is 0.923. The third-order valence-electron chi connectivity index (χ3n) is 4.94. The van der Waals surface area contributed by atoms with Crippen LogP contribution in [0.3, 0.4) is 0 Å². The Balaban J connectivity index is 2.12. The fourth-order valence-corrected chi connectivity index (χ4v) is 3.72. The molecular weight excluding hydrogens is 286 g/mol. The first kappa shape index (κ1) is 16.3. The molecule has 4 nitrogen and oxygen atoms in total. The van der Waals surface area contributed by atoms with Crippen LogP contribution in [0.4, 0.5) is 5.82 Å². The second kappa shape index (κ2) is 6.49. The van der Waals surface area contributed by atoms with Gasteiger partial charge in [-0.25, -0.2) is 4.98 Å². The molecule has 1 aromatic rings. The van der Waals surface area contributed by atoms with Crippen molar-refractivity contribution in [2.24, 2.45) is 0 Å². The van der Waals surface area contributed by atoms with Gasteiger partial charge in [-0.3, -0.25) is 0 Å². The fraction of sp³-hybridized carbons (Fsp3) is 0.684. The number of piperidine rings is 1. The van der Waals surface area contributed by atoms with Crippen molar-refractivity contribution in [3.8, 4) is 6.07 Å². The average Bonchev–Trinajstić information content (AvgIpc) is 2.54. The molecule has 0 aromatic carbocycles. The first-order valence-corrected chi connectivity index (χ1v) is 8.89. The lowest BCUT2D eigenvalue weighted by molar-refractivity contribution is -0.0407. The van der Waals surface area contributed by atoms with Gasteiger partial charge in [-0.2, -0.15) is 5.26 Å². The average molecular weight is 313 g/mol. The van der Waals surface area contributed by atoms with E-state index in [0.29, 0.717) is 6.61 Å². The summed E-state index contributed by atoms with van der Waals surface area (Å²) in [4.78, 5) is 7.26. The zero-order valence-corrected chi connectivity index (χ0v) is 14.6. The van der Waals surface area contributed by atoms with E-state index in [2.05, 4.69) is 31.7 Å². The Kier molecular flexibility index (Phi) is 4.59. The van der Waals surface area contributed by atoms with Crippen molar-refractivity contribution in [1.82, 2.24) is 4.98 Å². The van der Waals surface area contributed by atoms with Crippen molar-refractivity contribution in [1.29, 1.82) is 5.26 Å². The smallest absolute Gasteiger partial charge is 0.147 e. The minimum Gasteiger partial charge on any atom is -0.370 e. The number of anilines is 1. The molecule has 0 radical (unpaired) electrons. The number of hydrogen-bond acceptors (Lipinski definition) is 4. The Morgan fingerprint density at radius 1 is 1.22 bits per heavy atom. The monoisotopic (exact) mass is 313 g/mol. The van der Waals surface area contributed by atoms with Gasteiger partial charge in [-0.05, 0) is 45.1 Å². The van der Waals surface area contributed by atoms with Crippen LogP contribution in [0.15, 0.2) is 0 Å². The molecule has 2 aliphatic heterocycles. The number of nitrogens with zero attached hydrogens (tertiary/aromatic N) is 3. The molecule has 0 N–H and O–H groups in total. The Labute approximate surface area is 139 Å². The van der Waals surface area contributed by atoms with E-state index in [1.165, 1.54) is 30.4 Å². The summed E-state index contributed by atoms with van der Waals surface area (Å²) in [5, 5.41) is 9.84. The van der Waals surface area contributed by atoms with Gasteiger partial charge in [-0.1, -0.05) is 13.3 Å². The van der Waals surface area contributed by atoms with E-state index in [1.54, 1.807) is 0 Å². The highest BCUT2D eigenvalue weighted by molar-refractivity contribution is 5.62. The number of rotatable bonds is 3. The normalized spacial score (nSPS) is 20.0. The van der Waals surface area contributed by atoms with Gasteiger partial charge >= 0.3 is 0 Å². The lowest BCUT2D eigenvalue weighted by Gasteiger charge is -2.36. The van der Waals surface area contributed by atoms with Crippen LogP contribution in [-0.2, 0) is 24.2 Å². The molecule has 0 unspecified atom stereocenters. The molecule has 0 amide bonds. The number of ether oxygens (including phenoxy) is 1. The molecule has 0 atom stereocenters. The lowest BCUT2D eigenvalue weighted by Crippen LogP contribution is -2.36. The zero-order valence-electron chi connectivity index (χ0n) is 14.6. The fourth-order valence-electron chi connectivity index (χ4n) is 3.72. The lowest BCUT2D eigenvalue weighted by atomic mass is 9.87. The first-order chi connectivity index (χ1) is 11.1. The molecule has 124 valence electrons. The van der Waals surface area contributed by atoms with Crippen LogP contribution in [0, 0.1) is 11.3 Å². The van der Waals surface area contributed by atoms with Crippen LogP contribution in [0.5, 0.6) is 0 Å². The summed E-state index contributed by atoms with van der Waals surface area (Å²) < 4.78 is 6.00. The van der Waals surface area contributed by atoms with Gasteiger partial charge in [0.15, 0.2) is 0 Å². The molecule has 0 aliphatic carbocycles. The van der Waals surface area contributed by atoms with Gasteiger partial charge in [0, 0.05) is 30.8 Å². The minimum absolute atomic E-state index is 0.206. The van der Waals surface area contributed by atoms with Crippen LogP contribution < -0.4 is 4.90 Å². The van der Waals surface area contributed by atoms with Crippen LogP contribution in [0.25, 0.3) is 0 Å². The molecule has 1 saturated heterocycles. The minimum atomic E-state index is -0.206. The maximum absolute atomic E-state index is 9.84. The topological polar surface area (TPSA) is 49.2 Å². The SMILES string of the molecule is CCCc1nc(N2CCCCC2)c(C#N)c2c1COC(C)(C)C2. The highest BCUT2D eigenvalue weighted by Gasteiger charge is 2.32. The van der Waals surface area contributed by atoms with E-state index in [1.807, 2.05) is 0 Å². The summed E-state index contributed by atoms with van der Waals surface area (Å²) in [6.45, 7) is 9.02. The molecule has 0 saturated carbocycles. The van der Waals surface area contributed by atoms with Crippen LogP contribution in [0.2, 0.25) is 0 Å². The van der Waals surface area contributed by atoms with Crippen LogP contribution >= 0.6 is 0 Å². The predicted octanol–water partition coefficient (Wildman–Crippen LogP) is 3.75. The molecular formula is C19H27N3O. The van der Waals surface area contributed by atoms with Gasteiger partial charge in [0.25, 0.3) is 0 Å². The summed E-state index contributed by atoms with van der Waals surface area (Å²) in [5.41, 5.74) is 4.07. The van der Waals surface area contributed by atoms with Crippen molar-refractivity contribution >= 4 is 5.82 Å². The quantitative estimate of drug-likeness (QED) is 0.853. The van der Waals surface area contributed by atoms with E-state index >= 15 is 0 Å². The molecule has 23 heavy (non-hydrogen) atoms. The number of aryl methyl sites for hydroxylation is 1. The third-order valence-corrected chi connectivity index (χ3v) is 4.94. The van der Waals surface area contributed by atoms with Crippen molar-refractivity contribution in [2.45, 2.75) is 71.5 Å². The molecule has 0 bridgehead atoms. The standard InChI is InChI=1S/C19H27N3O/c1-4-8-17-16-13-23-19(2,3)11-14(16)15(12-20)18(21-17)22-9-6-5-7-10-22/h4-11,13H2,1-3H3. The molecule has 2 aliphatic rings. The van der Waals surface area contributed by atoms with Gasteiger partial charge in [0.05, 0.1) is 17.8 Å². The van der Waals surface area contributed by atoms with Crippen molar-refractivity contribution < 1.29 is 4.74 Å². The molecule has 3 heterocycles. The number of hydrogen-bond donors (Lipinski definition) is 0. The maximum atomic E-state index is 9.84. The Morgan fingerprint density at radius 3 is 2.61 bits per heavy atom. The molecule has 0 spiro atoms. The van der Waals surface area contributed by atoms with Crippen molar-refractivity contribution in [3.63, 3.8) is 0 Å². The molecule has 3 rings (SSSR count). The number of nitriles is 1. The molecule has 4 heteroatoms. The van der Waals surface area contributed by atoms with E-state index in [0.717, 1.165) is 49.4 Å². The first-order valence-electron chi connectivity index (χ1n) is 8.89. The highest BCUT2D eigenvalue weighted by Crippen LogP contribution is 2.36. The second-order valence-electron chi connectivity index (χ2n) is 7.35. The summed E-state index contributed by atoms with van der Waals surface area (Å²) in [6.07, 6.45) is 6.49. The van der Waals surface area contributed by atoms with Crippen LogP contribution in [-0.4, -0.2) is 23.7 Å². The van der Waals surface area contributed by atoms with Gasteiger partial charge in [-0.15, -0.1) is 0 Å². The number of pyridine rings is 1.